The van der Waals surface area contributed by atoms with Crippen LogP contribution in [-0.2, 0) is 0 Å². The summed E-state index contributed by atoms with van der Waals surface area (Å²) in [4.78, 5) is 0. The zero-order valence-electron chi connectivity index (χ0n) is 8.19. The number of hydrogen-bond donors (Lipinski definition) is 2. The molecule has 0 rings (SSSR count). The van der Waals surface area contributed by atoms with Crippen LogP contribution in [0.4, 0.5) is 0 Å². The molecular formula is C10H19O2P. The maximum atomic E-state index is 8.62. The van der Waals surface area contributed by atoms with Crippen LogP contribution in [0.1, 0.15) is 19.8 Å². The van der Waals surface area contributed by atoms with E-state index in [-0.39, 0.29) is 21.1 Å². The fourth-order valence-corrected chi connectivity index (χ4v) is 2.71. The molecule has 3 heteroatoms. The summed E-state index contributed by atoms with van der Waals surface area (Å²) < 4.78 is 0. The molecule has 0 aliphatic rings. The predicted molar refractivity (Wildman–Crippen MR) is 59.1 cm³/mol. The molecule has 0 atom stereocenters. The third kappa shape index (κ3) is 8.17. The SMILES string of the molecule is CCCCP(C=CCO)C=CCO. The van der Waals surface area contributed by atoms with E-state index in [1.165, 1.54) is 12.8 Å². The number of unbranched alkanes of at least 4 members (excludes halogenated alkanes) is 1. The zero-order valence-corrected chi connectivity index (χ0v) is 9.08. The van der Waals surface area contributed by atoms with Crippen LogP contribution in [0, 0.1) is 0 Å². The van der Waals surface area contributed by atoms with Crippen LogP contribution >= 0.6 is 7.92 Å². The maximum Gasteiger partial charge on any atom is 0.0615 e. The van der Waals surface area contributed by atoms with Crippen LogP contribution < -0.4 is 0 Å². The van der Waals surface area contributed by atoms with E-state index in [0.717, 1.165) is 6.16 Å². The fourth-order valence-electron chi connectivity index (χ4n) is 0.905. The Morgan fingerprint density at radius 1 is 1.08 bits per heavy atom. The average Bonchev–Trinajstić information content (AvgIpc) is 2.17. The van der Waals surface area contributed by atoms with Crippen LogP contribution in [-0.4, -0.2) is 29.6 Å². The third-order valence-electron chi connectivity index (χ3n) is 1.57. The second kappa shape index (κ2) is 9.91. The van der Waals surface area contributed by atoms with Crippen molar-refractivity contribution in [1.82, 2.24) is 0 Å². The van der Waals surface area contributed by atoms with E-state index in [9.17, 15) is 0 Å². The highest BCUT2D eigenvalue weighted by atomic mass is 31.1. The number of aliphatic hydroxyl groups is 2. The van der Waals surface area contributed by atoms with Gasteiger partial charge in [0.05, 0.1) is 13.2 Å². The molecule has 0 unspecified atom stereocenters. The quantitative estimate of drug-likeness (QED) is 0.622. The van der Waals surface area contributed by atoms with Crippen molar-refractivity contribution in [3.8, 4) is 0 Å². The van der Waals surface area contributed by atoms with Crippen molar-refractivity contribution < 1.29 is 10.2 Å². The molecule has 0 aromatic heterocycles. The molecule has 0 fully saturated rings. The lowest BCUT2D eigenvalue weighted by molar-refractivity contribution is 0.343. The normalized spacial score (nSPS) is 14.4. The minimum absolute atomic E-state index is 0.109. The first-order valence-corrected chi connectivity index (χ1v) is 6.32. The molecule has 0 aromatic rings. The largest absolute Gasteiger partial charge is 0.392 e. The standard InChI is InChI=1S/C10H19O2P/c1-2-3-8-13(9-4-6-11)10-5-7-12/h4-5,9-12H,2-3,6-8H2,1H3. The lowest BCUT2D eigenvalue weighted by atomic mass is 10.4. The van der Waals surface area contributed by atoms with E-state index >= 15 is 0 Å². The van der Waals surface area contributed by atoms with Crippen LogP contribution in [0.2, 0.25) is 0 Å². The summed E-state index contributed by atoms with van der Waals surface area (Å²) in [5.74, 6) is 4.11. The van der Waals surface area contributed by atoms with Crippen molar-refractivity contribution in [2.45, 2.75) is 19.8 Å². The Labute approximate surface area is 81.7 Å². The van der Waals surface area contributed by atoms with E-state index < -0.39 is 0 Å². The van der Waals surface area contributed by atoms with Crippen molar-refractivity contribution in [2.75, 3.05) is 19.4 Å². The van der Waals surface area contributed by atoms with Crippen LogP contribution in [0.15, 0.2) is 23.8 Å². The molecule has 2 N–H and O–H groups in total. The van der Waals surface area contributed by atoms with Gasteiger partial charge in [0.1, 0.15) is 0 Å². The Morgan fingerprint density at radius 3 is 2.00 bits per heavy atom. The number of hydrogen-bond acceptors (Lipinski definition) is 2. The van der Waals surface area contributed by atoms with Crippen molar-refractivity contribution in [3.63, 3.8) is 0 Å². The highest BCUT2D eigenvalue weighted by molar-refractivity contribution is 7.64. The molecule has 0 heterocycles. The Balaban J connectivity index is 3.87. The minimum atomic E-state index is -0.259. The summed E-state index contributed by atoms with van der Waals surface area (Å²) in [5, 5.41) is 17.2. The Kier molecular flexibility index (Phi) is 9.78. The Bertz CT molecular complexity index is 141. The van der Waals surface area contributed by atoms with Crippen molar-refractivity contribution in [2.24, 2.45) is 0 Å². The molecule has 0 bridgehead atoms. The van der Waals surface area contributed by atoms with Gasteiger partial charge in [-0.1, -0.05) is 45.1 Å². The topological polar surface area (TPSA) is 40.5 Å². The lowest BCUT2D eigenvalue weighted by Gasteiger charge is -2.06. The van der Waals surface area contributed by atoms with Crippen LogP contribution in [0.25, 0.3) is 0 Å². The number of rotatable bonds is 7. The van der Waals surface area contributed by atoms with Gasteiger partial charge in [-0.25, -0.2) is 0 Å². The molecule has 0 aliphatic heterocycles. The molecule has 0 saturated heterocycles. The van der Waals surface area contributed by atoms with Gasteiger partial charge in [-0.15, -0.1) is 0 Å². The zero-order chi connectivity index (χ0) is 9.94. The molecule has 2 nitrogen and oxygen atoms in total. The van der Waals surface area contributed by atoms with Gasteiger partial charge < -0.3 is 10.2 Å². The maximum absolute atomic E-state index is 8.62. The smallest absolute Gasteiger partial charge is 0.0615 e. The first-order chi connectivity index (χ1) is 6.35. The van der Waals surface area contributed by atoms with Gasteiger partial charge >= 0.3 is 0 Å². The van der Waals surface area contributed by atoms with Crippen molar-refractivity contribution >= 4 is 7.92 Å². The van der Waals surface area contributed by atoms with E-state index in [1.54, 1.807) is 12.2 Å². The Hall–Kier alpha value is -0.170. The van der Waals surface area contributed by atoms with E-state index in [0.29, 0.717) is 0 Å². The monoisotopic (exact) mass is 202 g/mol. The molecule has 0 aliphatic carbocycles. The second-order valence-corrected chi connectivity index (χ2v) is 4.80. The molecular weight excluding hydrogens is 183 g/mol. The minimum Gasteiger partial charge on any atom is -0.392 e. The van der Waals surface area contributed by atoms with E-state index in [4.69, 9.17) is 10.2 Å². The summed E-state index contributed by atoms with van der Waals surface area (Å²) in [6.45, 7) is 2.38. The van der Waals surface area contributed by atoms with Gasteiger partial charge in [-0.2, -0.15) is 0 Å². The molecule has 0 aromatic carbocycles. The average molecular weight is 202 g/mol. The van der Waals surface area contributed by atoms with Gasteiger partial charge in [0, 0.05) is 0 Å². The second-order valence-electron chi connectivity index (χ2n) is 2.73. The van der Waals surface area contributed by atoms with E-state index in [2.05, 4.69) is 18.6 Å². The molecule has 0 saturated carbocycles. The highest BCUT2D eigenvalue weighted by Gasteiger charge is 1.97. The molecule has 76 valence electrons. The van der Waals surface area contributed by atoms with Gasteiger partial charge in [-0.3, -0.25) is 0 Å². The summed E-state index contributed by atoms with van der Waals surface area (Å²) >= 11 is 0. The first-order valence-electron chi connectivity index (χ1n) is 4.66. The van der Waals surface area contributed by atoms with Crippen LogP contribution in [0.3, 0.4) is 0 Å². The predicted octanol–water partition coefficient (Wildman–Crippen LogP) is 2.28. The summed E-state index contributed by atoms with van der Waals surface area (Å²) in [6, 6.07) is 0. The van der Waals surface area contributed by atoms with Gasteiger partial charge in [0.2, 0.25) is 0 Å². The molecule has 0 spiro atoms. The fraction of sp³-hybridized carbons (Fsp3) is 0.600. The summed E-state index contributed by atoms with van der Waals surface area (Å²) in [5.41, 5.74) is 0. The first kappa shape index (κ1) is 12.8. The summed E-state index contributed by atoms with van der Waals surface area (Å²) in [7, 11) is -0.259. The van der Waals surface area contributed by atoms with Crippen molar-refractivity contribution in [3.05, 3.63) is 23.8 Å². The van der Waals surface area contributed by atoms with Gasteiger partial charge in [0.25, 0.3) is 0 Å². The molecule has 0 radical (unpaired) electrons. The molecule has 13 heavy (non-hydrogen) atoms. The Morgan fingerprint density at radius 2 is 1.62 bits per heavy atom. The lowest BCUT2D eigenvalue weighted by Crippen LogP contribution is -1.80. The number of aliphatic hydroxyl groups excluding tert-OH is 2. The van der Waals surface area contributed by atoms with Gasteiger partial charge in [0.15, 0.2) is 0 Å². The third-order valence-corrected chi connectivity index (χ3v) is 3.59. The van der Waals surface area contributed by atoms with Crippen LogP contribution in [0.5, 0.6) is 0 Å². The van der Waals surface area contributed by atoms with Gasteiger partial charge in [-0.05, 0) is 12.6 Å². The van der Waals surface area contributed by atoms with E-state index in [1.807, 2.05) is 0 Å². The molecule has 0 amide bonds. The summed E-state index contributed by atoms with van der Waals surface area (Å²) in [6.07, 6.45) is 7.11. The highest BCUT2D eigenvalue weighted by Crippen LogP contribution is 2.39. The van der Waals surface area contributed by atoms with Crippen molar-refractivity contribution in [1.29, 1.82) is 0 Å².